The van der Waals surface area contributed by atoms with Gasteiger partial charge in [0.2, 0.25) is 5.91 Å². The zero-order valence-electron chi connectivity index (χ0n) is 13.2. The summed E-state index contributed by atoms with van der Waals surface area (Å²) in [6.45, 7) is 2.29. The zero-order valence-corrected chi connectivity index (χ0v) is 14.8. The summed E-state index contributed by atoms with van der Waals surface area (Å²) in [5.41, 5.74) is 2.21. The Bertz CT molecular complexity index is 774. The second-order valence-corrected chi connectivity index (χ2v) is 6.64. The fourth-order valence-electron chi connectivity index (χ4n) is 2.61. The van der Waals surface area contributed by atoms with Crippen LogP contribution in [0.5, 0.6) is 5.75 Å². The first-order valence-electron chi connectivity index (χ1n) is 7.72. The lowest BCUT2D eigenvalue weighted by Crippen LogP contribution is -2.28. The molecule has 124 valence electrons. The summed E-state index contributed by atoms with van der Waals surface area (Å²) >= 11 is 3.34. The summed E-state index contributed by atoms with van der Waals surface area (Å²) in [5.74, 6) is 0.552. The molecule has 0 spiro atoms. The number of fused-ring (bicyclic) bond motifs is 1. The molecule has 1 amide bonds. The van der Waals surface area contributed by atoms with E-state index in [4.69, 9.17) is 4.74 Å². The third-order valence-corrected chi connectivity index (χ3v) is 4.34. The van der Waals surface area contributed by atoms with E-state index in [2.05, 4.69) is 26.2 Å². The minimum atomic E-state index is -0.180. The average Bonchev–Trinajstić information content (AvgIpc) is 2.55. The first-order valence-corrected chi connectivity index (χ1v) is 8.52. The summed E-state index contributed by atoms with van der Waals surface area (Å²) in [6, 6.07) is 8.89. The van der Waals surface area contributed by atoms with Gasteiger partial charge in [0.1, 0.15) is 5.75 Å². The van der Waals surface area contributed by atoms with Crippen LogP contribution < -0.4 is 10.1 Å². The Labute approximate surface area is 148 Å². The number of nitrogens with zero attached hydrogens (tertiary/aromatic N) is 1. The number of Topliss-reactive ketones (excluding diaryl/α,β-unsaturated/α-hetero) is 1. The number of nitrogens with one attached hydrogen (secondary N) is 1. The molecule has 6 heteroatoms. The van der Waals surface area contributed by atoms with Crippen LogP contribution in [0.3, 0.4) is 0 Å². The van der Waals surface area contributed by atoms with Crippen molar-refractivity contribution in [3.8, 4) is 5.75 Å². The molecule has 0 unspecified atom stereocenters. The zero-order chi connectivity index (χ0) is 17.1. The maximum absolute atomic E-state index is 12.2. The van der Waals surface area contributed by atoms with Crippen molar-refractivity contribution < 1.29 is 14.3 Å². The molecule has 1 N–H and O–H groups in total. The minimum Gasteiger partial charge on any atom is -0.492 e. The van der Waals surface area contributed by atoms with Crippen molar-refractivity contribution in [2.45, 2.75) is 25.8 Å². The molecule has 1 aromatic heterocycles. The van der Waals surface area contributed by atoms with E-state index >= 15 is 0 Å². The van der Waals surface area contributed by atoms with Crippen LogP contribution in [-0.2, 0) is 11.2 Å². The average molecular weight is 389 g/mol. The van der Waals surface area contributed by atoms with Gasteiger partial charge in [-0.3, -0.25) is 14.6 Å². The number of rotatable bonds is 4. The molecule has 0 saturated heterocycles. The van der Waals surface area contributed by atoms with Crippen LogP contribution in [0.15, 0.2) is 41.0 Å². The van der Waals surface area contributed by atoms with Crippen LogP contribution in [0, 0.1) is 0 Å². The molecular formula is C18H17BrN2O3. The summed E-state index contributed by atoms with van der Waals surface area (Å²) in [5, 5.41) is 2.93. The predicted molar refractivity (Wildman–Crippen MR) is 93.1 cm³/mol. The number of hydrogen-bond donors (Lipinski definition) is 1. The maximum Gasteiger partial charge on any atom is 0.224 e. The highest BCUT2D eigenvalue weighted by Crippen LogP contribution is 2.26. The van der Waals surface area contributed by atoms with Crippen molar-refractivity contribution in [3.05, 3.63) is 57.8 Å². The number of carbonyl (C=O) groups excluding carboxylic acids is 2. The third-order valence-electron chi connectivity index (χ3n) is 3.87. The van der Waals surface area contributed by atoms with Crippen LogP contribution in [0.25, 0.3) is 0 Å². The number of amides is 1. The van der Waals surface area contributed by atoms with Gasteiger partial charge in [0.15, 0.2) is 5.78 Å². The highest BCUT2D eigenvalue weighted by molar-refractivity contribution is 9.10. The van der Waals surface area contributed by atoms with Crippen molar-refractivity contribution in [2.24, 2.45) is 0 Å². The van der Waals surface area contributed by atoms with E-state index in [-0.39, 0.29) is 24.2 Å². The van der Waals surface area contributed by atoms with Crippen LogP contribution in [0.4, 0.5) is 0 Å². The van der Waals surface area contributed by atoms with Crippen molar-refractivity contribution in [3.63, 3.8) is 0 Å². The Morgan fingerprint density at radius 3 is 2.96 bits per heavy atom. The van der Waals surface area contributed by atoms with E-state index in [1.165, 1.54) is 0 Å². The van der Waals surface area contributed by atoms with Gasteiger partial charge in [0.05, 0.1) is 30.3 Å². The largest absolute Gasteiger partial charge is 0.492 e. The minimum absolute atomic E-state index is 0.0854. The monoisotopic (exact) mass is 388 g/mol. The van der Waals surface area contributed by atoms with Crippen LogP contribution in [-0.4, -0.2) is 23.3 Å². The van der Waals surface area contributed by atoms with Gasteiger partial charge in [0.25, 0.3) is 0 Å². The fourth-order valence-corrected chi connectivity index (χ4v) is 2.84. The molecule has 1 aliphatic heterocycles. The lowest BCUT2D eigenvalue weighted by molar-refractivity contribution is -0.121. The summed E-state index contributed by atoms with van der Waals surface area (Å²) < 4.78 is 6.41. The molecule has 0 aliphatic carbocycles. The Hall–Kier alpha value is -2.21. The summed E-state index contributed by atoms with van der Waals surface area (Å²) in [6.07, 6.45) is 2.34. The number of halogens is 1. The predicted octanol–water partition coefficient (Wildman–Crippen LogP) is 3.23. The Balaban J connectivity index is 1.64. The second kappa shape index (κ2) is 7.13. The number of ether oxygens (including phenoxy) is 1. The van der Waals surface area contributed by atoms with E-state index in [0.29, 0.717) is 24.3 Å². The van der Waals surface area contributed by atoms with Crippen molar-refractivity contribution >= 4 is 27.6 Å². The second-order valence-electron chi connectivity index (χ2n) is 5.72. The van der Waals surface area contributed by atoms with E-state index in [0.717, 1.165) is 15.7 Å². The number of hydrogen-bond acceptors (Lipinski definition) is 4. The van der Waals surface area contributed by atoms with Gasteiger partial charge in [-0.2, -0.15) is 0 Å². The smallest absolute Gasteiger partial charge is 0.224 e. The van der Waals surface area contributed by atoms with Crippen LogP contribution in [0.2, 0.25) is 0 Å². The van der Waals surface area contributed by atoms with Gasteiger partial charge in [-0.25, -0.2) is 0 Å². The quantitative estimate of drug-likeness (QED) is 0.872. The van der Waals surface area contributed by atoms with Gasteiger partial charge < -0.3 is 10.1 Å². The molecule has 1 aromatic carbocycles. The molecule has 0 fully saturated rings. The standard InChI is InChI=1S/C18H17BrN2O3/c1-11(15-5-3-13(19)10-20-15)21-18(23)9-12-2-4-14-16(22)6-7-24-17(14)8-12/h2-5,8,10-11H,6-7,9H2,1H3,(H,21,23)/t11-/m1/s1. The first kappa shape index (κ1) is 16.6. The van der Waals surface area contributed by atoms with Crippen molar-refractivity contribution in [1.82, 2.24) is 10.3 Å². The molecule has 24 heavy (non-hydrogen) atoms. The molecule has 1 aliphatic rings. The Morgan fingerprint density at radius 1 is 1.38 bits per heavy atom. The number of ketones is 1. The molecule has 0 saturated carbocycles. The summed E-state index contributed by atoms with van der Waals surface area (Å²) in [4.78, 5) is 28.3. The number of aromatic nitrogens is 1. The van der Waals surface area contributed by atoms with Gasteiger partial charge in [-0.1, -0.05) is 6.07 Å². The SMILES string of the molecule is C[C@@H](NC(=O)Cc1ccc2c(c1)OCCC2=O)c1ccc(Br)cn1. The van der Waals surface area contributed by atoms with Gasteiger partial charge in [-0.15, -0.1) is 0 Å². The first-order chi connectivity index (χ1) is 11.5. The normalized spacial score (nSPS) is 14.5. The topological polar surface area (TPSA) is 68.3 Å². The summed E-state index contributed by atoms with van der Waals surface area (Å²) in [7, 11) is 0. The molecule has 2 aromatic rings. The van der Waals surface area contributed by atoms with E-state index in [9.17, 15) is 9.59 Å². The molecule has 2 heterocycles. The number of carbonyl (C=O) groups is 2. The maximum atomic E-state index is 12.2. The molecule has 0 bridgehead atoms. The molecule has 1 atom stereocenters. The Kier molecular flexibility index (Phi) is 4.94. The van der Waals surface area contributed by atoms with Crippen molar-refractivity contribution in [2.75, 3.05) is 6.61 Å². The highest BCUT2D eigenvalue weighted by atomic mass is 79.9. The number of benzene rings is 1. The molecule has 0 radical (unpaired) electrons. The van der Waals surface area contributed by atoms with Crippen LogP contribution in [0.1, 0.15) is 41.0 Å². The van der Waals surface area contributed by atoms with E-state index in [1.807, 2.05) is 19.1 Å². The molecular weight excluding hydrogens is 372 g/mol. The van der Waals surface area contributed by atoms with Crippen LogP contribution >= 0.6 is 15.9 Å². The van der Waals surface area contributed by atoms with Gasteiger partial charge in [0, 0.05) is 17.1 Å². The Morgan fingerprint density at radius 2 is 2.21 bits per heavy atom. The highest BCUT2D eigenvalue weighted by Gasteiger charge is 2.19. The molecule has 5 nitrogen and oxygen atoms in total. The van der Waals surface area contributed by atoms with Crippen molar-refractivity contribution in [1.29, 1.82) is 0 Å². The van der Waals surface area contributed by atoms with E-state index in [1.54, 1.807) is 24.4 Å². The number of pyridine rings is 1. The lowest BCUT2D eigenvalue weighted by Gasteiger charge is -2.17. The van der Waals surface area contributed by atoms with Gasteiger partial charge in [-0.05, 0) is 52.7 Å². The van der Waals surface area contributed by atoms with Gasteiger partial charge >= 0.3 is 0 Å². The van der Waals surface area contributed by atoms with E-state index < -0.39 is 0 Å². The molecule has 3 rings (SSSR count). The lowest BCUT2D eigenvalue weighted by atomic mass is 10.0. The third kappa shape index (κ3) is 3.82. The fraction of sp³-hybridized carbons (Fsp3) is 0.278.